The van der Waals surface area contributed by atoms with E-state index in [4.69, 9.17) is 19.4 Å². The largest absolute Gasteiger partial charge is 0.453 e. The summed E-state index contributed by atoms with van der Waals surface area (Å²) >= 11 is 0. The van der Waals surface area contributed by atoms with Gasteiger partial charge >= 0.3 is 12.2 Å². The molecule has 2 aromatic heterocycles. The number of nitrogens with one attached hydrogen (secondary N) is 4. The summed E-state index contributed by atoms with van der Waals surface area (Å²) in [5.41, 5.74) is 6.44. The van der Waals surface area contributed by atoms with E-state index in [0.717, 1.165) is 92.3 Å². The van der Waals surface area contributed by atoms with E-state index in [9.17, 15) is 19.2 Å². The average Bonchev–Trinajstić information content (AvgIpc) is 4.16. The Hall–Kier alpha value is -7.22. The molecule has 2 aliphatic rings. The van der Waals surface area contributed by atoms with Crippen molar-refractivity contribution in [1.29, 1.82) is 0 Å². The maximum atomic E-state index is 14.1. The third-order valence-corrected chi connectivity index (χ3v) is 12.5. The molecule has 4 amide bonds. The Bertz CT molecular complexity index is 2850. The molecule has 0 aliphatic carbocycles. The molecule has 0 radical (unpaired) electrons. The third kappa shape index (κ3) is 8.04. The van der Waals surface area contributed by atoms with Crippen LogP contribution in [0.4, 0.5) is 9.59 Å². The molecule has 14 heteroatoms. The summed E-state index contributed by atoms with van der Waals surface area (Å²) in [6, 6.07) is 30.5. The lowest BCUT2D eigenvalue weighted by Crippen LogP contribution is -2.51. The molecule has 2 saturated heterocycles. The predicted molar refractivity (Wildman–Crippen MR) is 240 cm³/mol. The Labute approximate surface area is 364 Å². The van der Waals surface area contributed by atoms with Gasteiger partial charge < -0.3 is 39.9 Å². The highest BCUT2D eigenvalue weighted by Crippen LogP contribution is 2.37. The van der Waals surface area contributed by atoms with Crippen molar-refractivity contribution in [2.24, 2.45) is 5.92 Å². The molecule has 14 nitrogen and oxygen atoms in total. The molecule has 7 aromatic rings. The molecule has 322 valence electrons. The predicted octanol–water partition coefficient (Wildman–Crippen LogP) is 8.73. The fraction of sp³-hybridized carbons (Fsp3) is 0.306. The number of imidazole rings is 2. The maximum absolute atomic E-state index is 14.1. The van der Waals surface area contributed by atoms with Crippen molar-refractivity contribution in [3.63, 3.8) is 0 Å². The van der Waals surface area contributed by atoms with Crippen molar-refractivity contribution in [2.45, 2.75) is 63.7 Å². The minimum absolute atomic E-state index is 0.110. The van der Waals surface area contributed by atoms with Crippen LogP contribution in [-0.2, 0) is 19.1 Å². The van der Waals surface area contributed by atoms with Crippen LogP contribution >= 0.6 is 0 Å². The van der Waals surface area contributed by atoms with Crippen LogP contribution in [0.2, 0.25) is 0 Å². The molecule has 4 atom stereocenters. The second-order valence-corrected chi connectivity index (χ2v) is 16.7. The van der Waals surface area contributed by atoms with Crippen LogP contribution in [0.3, 0.4) is 0 Å². The lowest BCUT2D eigenvalue weighted by atomic mass is 9.97. The molecule has 63 heavy (non-hydrogen) atoms. The Morgan fingerprint density at radius 2 is 1.29 bits per heavy atom. The first-order chi connectivity index (χ1) is 30.6. The summed E-state index contributed by atoms with van der Waals surface area (Å²) in [7, 11) is 2.58. The smallest absolute Gasteiger partial charge is 0.407 e. The first kappa shape index (κ1) is 41.1. The quantitative estimate of drug-likeness (QED) is 0.106. The van der Waals surface area contributed by atoms with E-state index in [0.29, 0.717) is 18.7 Å². The Morgan fingerprint density at radius 3 is 1.98 bits per heavy atom. The minimum atomic E-state index is -0.888. The number of benzene rings is 5. The van der Waals surface area contributed by atoms with E-state index < -0.39 is 24.3 Å². The molecule has 5 aromatic carbocycles. The van der Waals surface area contributed by atoms with Gasteiger partial charge in [-0.25, -0.2) is 19.6 Å². The normalized spacial score (nSPS) is 17.3. The number of carbonyl (C=O) groups is 4. The summed E-state index contributed by atoms with van der Waals surface area (Å²) in [5.74, 6) is 0.988. The Morgan fingerprint density at radius 1 is 0.683 bits per heavy atom. The van der Waals surface area contributed by atoms with Gasteiger partial charge in [0.2, 0.25) is 5.91 Å². The van der Waals surface area contributed by atoms with E-state index in [2.05, 4.69) is 81.3 Å². The number of methoxy groups -OCH3 is 2. The van der Waals surface area contributed by atoms with Crippen LogP contribution in [0.1, 0.15) is 74.9 Å². The second kappa shape index (κ2) is 17.3. The van der Waals surface area contributed by atoms with Crippen molar-refractivity contribution in [1.82, 2.24) is 40.4 Å². The van der Waals surface area contributed by atoms with Crippen LogP contribution in [0.15, 0.2) is 103 Å². The van der Waals surface area contributed by atoms with Crippen LogP contribution in [0, 0.1) is 5.92 Å². The van der Waals surface area contributed by atoms with Crippen molar-refractivity contribution >= 4 is 56.6 Å². The average molecular weight is 847 g/mol. The summed E-state index contributed by atoms with van der Waals surface area (Å²) in [6.07, 6.45) is 3.72. The number of hydrogen-bond donors (Lipinski definition) is 4. The number of nitrogens with zero attached hydrogens (tertiary/aromatic N) is 4. The Balaban J connectivity index is 0.927. The number of carbonyl (C=O) groups excluding carboxylic acids is 4. The second-order valence-electron chi connectivity index (χ2n) is 16.7. The van der Waals surface area contributed by atoms with Gasteiger partial charge in [-0.1, -0.05) is 86.6 Å². The first-order valence-corrected chi connectivity index (χ1v) is 21.5. The molecular formula is C49H50N8O6. The lowest BCUT2D eigenvalue weighted by Gasteiger charge is -2.30. The zero-order valence-electron chi connectivity index (χ0n) is 35.7. The SMILES string of the molecule is COC(=O)N[C@H](C(=O)N1CCC[C@H]1c1ncc(-c2ccc3cc(-c4ccc5c(ccc6[nH]c([C@@H]7CCCN7C(=O)[C@H](NC(=O)OC)c7ccccc7)nc65)c4)ccc3c2)[nH]1)C(C)C. The molecule has 9 rings (SSSR count). The van der Waals surface area contributed by atoms with Crippen molar-refractivity contribution in [3.05, 3.63) is 120 Å². The van der Waals surface area contributed by atoms with Crippen LogP contribution in [0.5, 0.6) is 0 Å². The number of H-pyrrole nitrogens is 2. The number of amides is 4. The number of rotatable bonds is 10. The Kier molecular flexibility index (Phi) is 11.3. The molecule has 0 bridgehead atoms. The zero-order chi connectivity index (χ0) is 43.8. The molecule has 0 unspecified atom stereocenters. The van der Waals surface area contributed by atoms with Crippen molar-refractivity contribution in [2.75, 3.05) is 27.3 Å². The van der Waals surface area contributed by atoms with Crippen LogP contribution in [0.25, 0.3) is 55.0 Å². The minimum Gasteiger partial charge on any atom is -0.453 e. The van der Waals surface area contributed by atoms with E-state index in [1.165, 1.54) is 14.2 Å². The topological polar surface area (TPSA) is 175 Å². The summed E-state index contributed by atoms with van der Waals surface area (Å²) in [4.78, 5) is 72.5. The highest BCUT2D eigenvalue weighted by molar-refractivity contribution is 6.06. The van der Waals surface area contributed by atoms with Crippen molar-refractivity contribution in [3.8, 4) is 22.4 Å². The van der Waals surface area contributed by atoms with E-state index in [-0.39, 0.29) is 29.8 Å². The molecule has 0 saturated carbocycles. The van der Waals surface area contributed by atoms with Gasteiger partial charge in [-0.2, -0.15) is 0 Å². The van der Waals surface area contributed by atoms with Gasteiger partial charge in [0.15, 0.2) is 0 Å². The monoisotopic (exact) mass is 846 g/mol. The number of alkyl carbamates (subject to hydrolysis) is 2. The van der Waals surface area contributed by atoms with Gasteiger partial charge in [-0.15, -0.1) is 0 Å². The van der Waals surface area contributed by atoms with Gasteiger partial charge in [0, 0.05) is 24.0 Å². The lowest BCUT2D eigenvalue weighted by molar-refractivity contribution is -0.135. The number of hydrogen-bond acceptors (Lipinski definition) is 8. The van der Waals surface area contributed by atoms with Crippen LogP contribution in [-0.4, -0.2) is 87.1 Å². The molecule has 4 heterocycles. The fourth-order valence-corrected chi connectivity index (χ4v) is 9.19. The van der Waals surface area contributed by atoms with Gasteiger partial charge in [0.25, 0.3) is 5.91 Å². The maximum Gasteiger partial charge on any atom is 0.407 e. The molecule has 2 fully saturated rings. The highest BCUT2D eigenvalue weighted by atomic mass is 16.5. The van der Waals surface area contributed by atoms with E-state index >= 15 is 0 Å². The first-order valence-electron chi connectivity index (χ1n) is 21.5. The molecule has 0 spiro atoms. The van der Waals surface area contributed by atoms with Gasteiger partial charge in [0.1, 0.15) is 23.7 Å². The summed E-state index contributed by atoms with van der Waals surface area (Å²) in [6.45, 7) is 4.95. The van der Waals surface area contributed by atoms with E-state index in [1.54, 1.807) is 0 Å². The number of aromatic nitrogens is 4. The molecular weight excluding hydrogens is 797 g/mol. The zero-order valence-corrected chi connectivity index (χ0v) is 35.7. The number of ether oxygens (including phenoxy) is 2. The summed E-state index contributed by atoms with van der Waals surface area (Å²) in [5, 5.41) is 9.69. The highest BCUT2D eigenvalue weighted by Gasteiger charge is 2.39. The fourth-order valence-electron chi connectivity index (χ4n) is 9.19. The standard InChI is InChI=1S/C49H50N8O6/c1-28(2)41(54-48(60)62-3)46(58)56-22-8-12-39(56)44-50-27-38(52-44)35-17-16-31-24-30(14-15-32(31)26-35)33-18-20-36-34(25-33)19-21-37-43(36)53-45(51-37)40-13-9-23-57(40)47(59)42(55-49(61)63-4)29-10-6-5-7-11-29/h5-7,10-11,14-21,24-28,39-42H,8-9,12-13,22-23H2,1-4H3,(H,50,52)(H,51,53)(H,54,60)(H,55,61)/t39-,40-,41-,42+/m0/s1. The third-order valence-electron chi connectivity index (χ3n) is 12.5. The molecule has 2 aliphatic heterocycles. The summed E-state index contributed by atoms with van der Waals surface area (Å²) < 4.78 is 9.64. The van der Waals surface area contributed by atoms with Gasteiger partial charge in [0.05, 0.1) is 49.2 Å². The molecule has 4 N–H and O–H groups in total. The van der Waals surface area contributed by atoms with Crippen molar-refractivity contribution < 1.29 is 28.7 Å². The van der Waals surface area contributed by atoms with Crippen LogP contribution < -0.4 is 10.6 Å². The van der Waals surface area contributed by atoms with Gasteiger partial charge in [-0.05, 0) is 88.7 Å². The number of fused-ring (bicyclic) bond motifs is 4. The van der Waals surface area contributed by atoms with E-state index in [1.807, 2.05) is 66.2 Å². The van der Waals surface area contributed by atoms with Gasteiger partial charge in [-0.3, -0.25) is 9.59 Å². The number of likely N-dealkylation sites (tertiary alicyclic amines) is 2. The number of aromatic amines is 2.